The number of halogens is 1. The Hall–Kier alpha value is -2.64. The van der Waals surface area contributed by atoms with Gasteiger partial charge in [-0.25, -0.2) is 4.79 Å². The summed E-state index contributed by atoms with van der Waals surface area (Å²) in [5.41, 5.74) is 3.82. The average molecular weight is 498 g/mol. The Morgan fingerprint density at radius 1 is 1.15 bits per heavy atom. The maximum absolute atomic E-state index is 12.5. The summed E-state index contributed by atoms with van der Waals surface area (Å²) in [7, 11) is 1.72. The summed E-state index contributed by atoms with van der Waals surface area (Å²) in [5.74, 6) is 0.740. The molecule has 0 radical (unpaired) electrons. The first kappa shape index (κ1) is 23.1. The Labute approximate surface area is 208 Å². The second-order valence-electron chi connectivity index (χ2n) is 9.20. The quantitative estimate of drug-likeness (QED) is 0.408. The van der Waals surface area contributed by atoms with E-state index < -0.39 is 0 Å². The van der Waals surface area contributed by atoms with Crippen LogP contribution in [-0.4, -0.2) is 46.4 Å². The minimum absolute atomic E-state index is 0.137. The van der Waals surface area contributed by atoms with Crippen molar-refractivity contribution in [1.29, 1.82) is 0 Å². The first-order chi connectivity index (χ1) is 16.4. The fraction of sp³-hybridized carbons (Fsp3) is 0.423. The second kappa shape index (κ2) is 9.55. The van der Waals surface area contributed by atoms with Gasteiger partial charge in [-0.3, -0.25) is 14.7 Å². The summed E-state index contributed by atoms with van der Waals surface area (Å²) in [4.78, 5) is 33.3. The number of fused-ring (bicyclic) bond motifs is 1. The largest absolute Gasteiger partial charge is 0.490 e. The summed E-state index contributed by atoms with van der Waals surface area (Å²) in [5, 5.41) is 0.665. The lowest BCUT2D eigenvalue weighted by atomic mass is 9.97. The average Bonchev–Trinajstić information content (AvgIpc) is 3.24. The molecular weight excluding hydrogens is 470 g/mol. The van der Waals surface area contributed by atoms with Gasteiger partial charge in [0, 0.05) is 47.2 Å². The van der Waals surface area contributed by atoms with Gasteiger partial charge in [0.05, 0.1) is 22.9 Å². The number of carbonyl (C=O) groups is 2. The standard InChI is InChI=1S/C26H28ClN3O3S/c1-16-12-17(27)13-21(24(16)33-18-6-4-3-5-7-18)20-8-10-28-22-14-19(34-25(20)22)15-30-23(31)9-11-29(2)26(30)32/h8,10,12-14,18H,3-7,9,11,15H2,1-2H3. The lowest BCUT2D eigenvalue weighted by molar-refractivity contribution is -0.131. The van der Waals surface area contributed by atoms with Gasteiger partial charge in [0.25, 0.3) is 0 Å². The van der Waals surface area contributed by atoms with Crippen LogP contribution in [0.5, 0.6) is 5.75 Å². The van der Waals surface area contributed by atoms with Gasteiger partial charge in [-0.1, -0.05) is 18.0 Å². The number of aromatic nitrogens is 1. The monoisotopic (exact) mass is 497 g/mol. The van der Waals surface area contributed by atoms with Gasteiger partial charge in [0.2, 0.25) is 5.91 Å². The van der Waals surface area contributed by atoms with Gasteiger partial charge in [0.1, 0.15) is 5.75 Å². The Morgan fingerprint density at radius 2 is 1.94 bits per heavy atom. The minimum Gasteiger partial charge on any atom is -0.490 e. The zero-order valence-corrected chi connectivity index (χ0v) is 21.0. The van der Waals surface area contributed by atoms with Gasteiger partial charge in [-0.15, -0.1) is 11.3 Å². The van der Waals surface area contributed by atoms with Crippen LogP contribution in [0.3, 0.4) is 0 Å². The molecule has 3 aromatic rings. The number of ether oxygens (including phenoxy) is 1. The highest BCUT2D eigenvalue weighted by Gasteiger charge is 2.30. The van der Waals surface area contributed by atoms with Crippen molar-refractivity contribution in [2.75, 3.05) is 13.6 Å². The van der Waals surface area contributed by atoms with Crippen molar-refractivity contribution in [3.63, 3.8) is 0 Å². The van der Waals surface area contributed by atoms with E-state index in [1.165, 1.54) is 24.2 Å². The van der Waals surface area contributed by atoms with Crippen molar-refractivity contribution in [3.05, 3.63) is 45.9 Å². The number of hydrogen-bond donors (Lipinski definition) is 0. The van der Waals surface area contributed by atoms with E-state index >= 15 is 0 Å². The maximum atomic E-state index is 12.5. The fourth-order valence-electron chi connectivity index (χ4n) is 4.83. The molecular formula is C26H28ClN3O3S. The molecule has 1 aromatic carbocycles. The number of aryl methyl sites for hydroxylation is 1. The van der Waals surface area contributed by atoms with Crippen molar-refractivity contribution >= 4 is 45.1 Å². The van der Waals surface area contributed by atoms with Crippen LogP contribution in [0, 0.1) is 6.92 Å². The van der Waals surface area contributed by atoms with E-state index in [2.05, 4.69) is 4.98 Å². The summed E-state index contributed by atoms with van der Waals surface area (Å²) in [6, 6.07) is 7.62. The van der Waals surface area contributed by atoms with Crippen LogP contribution in [0.4, 0.5) is 4.79 Å². The van der Waals surface area contributed by atoms with E-state index in [1.54, 1.807) is 29.5 Å². The smallest absolute Gasteiger partial charge is 0.326 e. The van der Waals surface area contributed by atoms with Gasteiger partial charge in [-0.2, -0.15) is 0 Å². The Kier molecular flexibility index (Phi) is 6.49. The summed E-state index contributed by atoms with van der Waals surface area (Å²) >= 11 is 8.05. The van der Waals surface area contributed by atoms with Gasteiger partial charge in [0.15, 0.2) is 0 Å². The maximum Gasteiger partial charge on any atom is 0.326 e. The third-order valence-corrected chi connectivity index (χ3v) is 8.02. The number of nitrogens with zero attached hydrogens (tertiary/aromatic N) is 3. The number of hydrogen-bond acceptors (Lipinski definition) is 5. The van der Waals surface area contributed by atoms with E-state index in [1.807, 2.05) is 31.2 Å². The molecule has 5 rings (SSSR count). The molecule has 0 atom stereocenters. The van der Waals surface area contributed by atoms with Gasteiger partial charge >= 0.3 is 6.03 Å². The molecule has 2 aromatic heterocycles. The topological polar surface area (TPSA) is 62.7 Å². The number of urea groups is 1. The molecule has 2 aliphatic rings. The van der Waals surface area contributed by atoms with Crippen LogP contribution < -0.4 is 4.74 Å². The SMILES string of the molecule is Cc1cc(Cl)cc(-c2ccnc3cc(CN4C(=O)CCN(C)C4=O)sc23)c1OC1CCCCC1. The van der Waals surface area contributed by atoms with Crippen LogP contribution in [0.1, 0.15) is 49.0 Å². The molecule has 1 aliphatic carbocycles. The molecule has 2 fully saturated rings. The van der Waals surface area contributed by atoms with E-state index in [0.29, 0.717) is 18.0 Å². The number of imide groups is 1. The number of carbonyl (C=O) groups excluding carboxylic acids is 2. The molecule has 8 heteroatoms. The molecule has 0 unspecified atom stereocenters. The molecule has 178 valence electrons. The third-order valence-electron chi connectivity index (χ3n) is 6.66. The predicted molar refractivity (Wildman–Crippen MR) is 135 cm³/mol. The highest BCUT2D eigenvalue weighted by Crippen LogP contribution is 2.42. The highest BCUT2D eigenvalue weighted by atomic mass is 35.5. The molecule has 3 heterocycles. The van der Waals surface area contributed by atoms with E-state index in [0.717, 1.165) is 50.4 Å². The number of rotatable bonds is 5. The first-order valence-corrected chi connectivity index (χ1v) is 13.0. The Morgan fingerprint density at radius 3 is 2.74 bits per heavy atom. The zero-order valence-electron chi connectivity index (χ0n) is 19.5. The zero-order chi connectivity index (χ0) is 23.8. The van der Waals surface area contributed by atoms with Crippen LogP contribution in [0.2, 0.25) is 5.02 Å². The molecule has 6 nitrogen and oxygen atoms in total. The first-order valence-electron chi connectivity index (χ1n) is 11.8. The molecule has 0 spiro atoms. The Balaban J connectivity index is 1.53. The highest BCUT2D eigenvalue weighted by molar-refractivity contribution is 7.19. The van der Waals surface area contributed by atoms with Crippen molar-refractivity contribution in [3.8, 4) is 16.9 Å². The lowest BCUT2D eigenvalue weighted by Gasteiger charge is -2.31. The van der Waals surface area contributed by atoms with Crippen molar-refractivity contribution in [2.24, 2.45) is 0 Å². The summed E-state index contributed by atoms with van der Waals surface area (Å²) in [6.45, 7) is 2.75. The second-order valence-corrected chi connectivity index (χ2v) is 10.8. The molecule has 0 bridgehead atoms. The van der Waals surface area contributed by atoms with E-state index in [4.69, 9.17) is 16.3 Å². The fourth-order valence-corrected chi connectivity index (χ4v) is 6.24. The Bertz CT molecular complexity index is 1250. The third kappa shape index (κ3) is 4.51. The molecule has 1 aliphatic heterocycles. The number of benzene rings is 1. The van der Waals surface area contributed by atoms with Crippen molar-refractivity contribution in [1.82, 2.24) is 14.8 Å². The summed E-state index contributed by atoms with van der Waals surface area (Å²) in [6.07, 6.45) is 8.17. The molecule has 34 heavy (non-hydrogen) atoms. The summed E-state index contributed by atoms with van der Waals surface area (Å²) < 4.78 is 7.56. The number of amides is 3. The van der Waals surface area contributed by atoms with Crippen molar-refractivity contribution in [2.45, 2.75) is 58.1 Å². The molecule has 1 saturated carbocycles. The molecule has 3 amide bonds. The molecule has 1 saturated heterocycles. The van der Waals surface area contributed by atoms with E-state index in [9.17, 15) is 9.59 Å². The van der Waals surface area contributed by atoms with Crippen LogP contribution in [0.15, 0.2) is 30.5 Å². The number of pyridine rings is 1. The predicted octanol–water partition coefficient (Wildman–Crippen LogP) is 6.42. The lowest BCUT2D eigenvalue weighted by Crippen LogP contribution is -2.49. The minimum atomic E-state index is -0.254. The van der Waals surface area contributed by atoms with E-state index in [-0.39, 0.29) is 24.6 Å². The van der Waals surface area contributed by atoms with Crippen LogP contribution in [0.25, 0.3) is 21.3 Å². The van der Waals surface area contributed by atoms with Gasteiger partial charge < -0.3 is 9.64 Å². The molecule has 0 N–H and O–H groups in total. The van der Waals surface area contributed by atoms with Crippen LogP contribution >= 0.6 is 22.9 Å². The van der Waals surface area contributed by atoms with Gasteiger partial charge in [-0.05, 0) is 62.4 Å². The number of thiophene rings is 1. The van der Waals surface area contributed by atoms with Crippen LogP contribution in [-0.2, 0) is 11.3 Å². The van der Waals surface area contributed by atoms with Crippen molar-refractivity contribution < 1.29 is 14.3 Å². The normalized spacial score (nSPS) is 17.6.